The van der Waals surface area contributed by atoms with Crippen molar-refractivity contribution in [1.29, 1.82) is 0 Å². The summed E-state index contributed by atoms with van der Waals surface area (Å²) in [5.41, 5.74) is 12.2. The number of esters is 1. The summed E-state index contributed by atoms with van der Waals surface area (Å²) in [6, 6.07) is 8.39. The van der Waals surface area contributed by atoms with Gasteiger partial charge in [-0.2, -0.15) is 0 Å². The van der Waals surface area contributed by atoms with Gasteiger partial charge in [-0.3, -0.25) is 0 Å². The van der Waals surface area contributed by atoms with Crippen molar-refractivity contribution < 1.29 is 14.3 Å². The van der Waals surface area contributed by atoms with Crippen LogP contribution in [0.15, 0.2) is 52.9 Å². The van der Waals surface area contributed by atoms with Crippen LogP contribution in [0.1, 0.15) is 71.9 Å². The highest BCUT2D eigenvalue weighted by molar-refractivity contribution is 5.91. The fourth-order valence-electron chi connectivity index (χ4n) is 4.27. The first-order chi connectivity index (χ1) is 16.3. The smallest absolute Gasteiger partial charge is 0.336 e. The van der Waals surface area contributed by atoms with Crippen molar-refractivity contribution in [2.45, 2.75) is 67.2 Å². The number of nitrogens with one attached hydrogen (secondary N) is 1. The molecule has 1 heterocycles. The maximum Gasteiger partial charge on any atom is 0.336 e. The highest BCUT2D eigenvalue weighted by atomic mass is 16.5. The molecule has 0 spiro atoms. The minimum Gasteiger partial charge on any atom is -0.463 e. The number of allylic oxidation sites excluding steroid dienone is 3. The Hall–Kier alpha value is -2.37. The van der Waals surface area contributed by atoms with Crippen molar-refractivity contribution in [1.82, 2.24) is 5.32 Å². The zero-order chi connectivity index (χ0) is 25.1. The molecule has 0 aliphatic carbocycles. The zero-order valence-electron chi connectivity index (χ0n) is 22.0. The van der Waals surface area contributed by atoms with Crippen LogP contribution in [0.3, 0.4) is 0 Å². The lowest BCUT2D eigenvalue weighted by Crippen LogP contribution is -2.34. The first-order valence-corrected chi connectivity index (χ1v) is 12.6. The van der Waals surface area contributed by atoms with Crippen LogP contribution >= 0.6 is 0 Å². The van der Waals surface area contributed by atoms with Gasteiger partial charge >= 0.3 is 5.97 Å². The quantitative estimate of drug-likeness (QED) is 0.284. The average molecular weight is 469 g/mol. The van der Waals surface area contributed by atoms with Gasteiger partial charge in [0.15, 0.2) is 0 Å². The number of dihydropyridines is 1. The van der Waals surface area contributed by atoms with Crippen LogP contribution in [0.25, 0.3) is 6.08 Å². The second-order valence-corrected chi connectivity index (χ2v) is 9.71. The summed E-state index contributed by atoms with van der Waals surface area (Å²) < 4.78 is 11.3. The number of nitrogens with two attached hydrogens (primary N) is 1. The molecule has 1 aromatic carbocycles. The first kappa shape index (κ1) is 27.9. The second kappa shape index (κ2) is 13.5. The van der Waals surface area contributed by atoms with Gasteiger partial charge in [-0.05, 0) is 62.1 Å². The summed E-state index contributed by atoms with van der Waals surface area (Å²) >= 11 is 0. The van der Waals surface area contributed by atoms with E-state index < -0.39 is 0 Å². The van der Waals surface area contributed by atoms with Crippen molar-refractivity contribution in [3.8, 4) is 0 Å². The van der Waals surface area contributed by atoms with Crippen LogP contribution in [-0.4, -0.2) is 32.3 Å². The Morgan fingerprint density at radius 3 is 2.59 bits per heavy atom. The molecule has 0 bridgehead atoms. The van der Waals surface area contributed by atoms with Crippen LogP contribution in [0.4, 0.5) is 0 Å². The van der Waals surface area contributed by atoms with E-state index in [1.165, 1.54) is 22.4 Å². The van der Waals surface area contributed by atoms with Crippen molar-refractivity contribution in [2.75, 3.05) is 26.4 Å². The van der Waals surface area contributed by atoms with Gasteiger partial charge in [-0.1, -0.05) is 63.6 Å². The minimum absolute atomic E-state index is 0.0806. The molecule has 0 saturated carbocycles. The molecule has 1 unspecified atom stereocenters. The minimum atomic E-state index is -0.276. The van der Waals surface area contributed by atoms with Gasteiger partial charge < -0.3 is 20.5 Å². The molecule has 1 aliphatic rings. The van der Waals surface area contributed by atoms with Crippen molar-refractivity contribution in [2.24, 2.45) is 17.1 Å². The lowest BCUT2D eigenvalue weighted by atomic mass is 9.78. The summed E-state index contributed by atoms with van der Waals surface area (Å²) in [5.74, 6) is -0.356. The van der Waals surface area contributed by atoms with Crippen molar-refractivity contribution in [3.05, 3.63) is 64.0 Å². The Kier molecular flexibility index (Phi) is 11.1. The monoisotopic (exact) mass is 468 g/mol. The van der Waals surface area contributed by atoms with E-state index in [-0.39, 0.29) is 17.3 Å². The molecule has 3 N–H and O–H groups in total. The molecule has 1 aliphatic heterocycles. The largest absolute Gasteiger partial charge is 0.463 e. The standard InChI is InChI=1S/C29H44N2O3/c1-7-12-22-13-10-11-14-23(22)19-24-21(4)25(15-16-29(5,6)8-2)31-26(20-33-18-17-30)27(24)28(32)34-9-3/h7,10-14,24,31H,8-9,15-20,30H2,1-6H3/b12-7-. The Morgan fingerprint density at radius 2 is 1.94 bits per heavy atom. The molecule has 2 rings (SSSR count). The predicted octanol–water partition coefficient (Wildman–Crippen LogP) is 5.76. The number of hydrogen-bond donors (Lipinski definition) is 2. The van der Waals surface area contributed by atoms with Gasteiger partial charge in [0.2, 0.25) is 0 Å². The maximum absolute atomic E-state index is 13.2. The molecule has 0 fully saturated rings. The summed E-state index contributed by atoms with van der Waals surface area (Å²) in [7, 11) is 0. The Morgan fingerprint density at radius 1 is 1.21 bits per heavy atom. The third-order valence-electron chi connectivity index (χ3n) is 6.81. The summed E-state index contributed by atoms with van der Waals surface area (Å²) in [4.78, 5) is 13.2. The van der Waals surface area contributed by atoms with Crippen LogP contribution in [0.5, 0.6) is 0 Å². The fourth-order valence-corrected chi connectivity index (χ4v) is 4.27. The van der Waals surface area contributed by atoms with Crippen LogP contribution < -0.4 is 11.1 Å². The summed E-state index contributed by atoms with van der Waals surface area (Å²) in [5, 5.41) is 3.58. The zero-order valence-corrected chi connectivity index (χ0v) is 22.0. The highest BCUT2D eigenvalue weighted by Gasteiger charge is 2.34. The number of carbonyl (C=O) groups excluding carboxylic acids is 1. The van der Waals surface area contributed by atoms with Gasteiger partial charge in [0.1, 0.15) is 0 Å². The number of carbonyl (C=O) groups is 1. The molecule has 1 aromatic rings. The van der Waals surface area contributed by atoms with Crippen LogP contribution in [0.2, 0.25) is 0 Å². The Labute approximate surface area is 206 Å². The predicted molar refractivity (Wildman–Crippen MR) is 141 cm³/mol. The molecule has 1 atom stereocenters. The Balaban J connectivity index is 2.54. The molecule has 5 nitrogen and oxygen atoms in total. The molecule has 188 valence electrons. The maximum atomic E-state index is 13.2. The van der Waals surface area contributed by atoms with Gasteiger partial charge in [-0.15, -0.1) is 0 Å². The molecule has 34 heavy (non-hydrogen) atoms. The number of ether oxygens (including phenoxy) is 2. The third kappa shape index (κ3) is 7.57. The molecule has 0 radical (unpaired) electrons. The first-order valence-electron chi connectivity index (χ1n) is 12.6. The lowest BCUT2D eigenvalue weighted by Gasteiger charge is -2.34. The van der Waals surface area contributed by atoms with Crippen molar-refractivity contribution in [3.63, 3.8) is 0 Å². The van der Waals surface area contributed by atoms with Gasteiger partial charge in [0.05, 0.1) is 31.1 Å². The average Bonchev–Trinajstić information content (AvgIpc) is 2.81. The van der Waals surface area contributed by atoms with E-state index in [0.717, 1.165) is 31.4 Å². The van der Waals surface area contributed by atoms with E-state index in [1.807, 2.05) is 13.8 Å². The molecular weight excluding hydrogens is 424 g/mol. The van der Waals surface area contributed by atoms with E-state index >= 15 is 0 Å². The molecule has 0 amide bonds. The van der Waals surface area contributed by atoms with E-state index in [2.05, 4.69) is 69.4 Å². The normalized spacial score (nSPS) is 16.9. The topological polar surface area (TPSA) is 73.6 Å². The number of hydrogen-bond acceptors (Lipinski definition) is 5. The van der Waals surface area contributed by atoms with Gasteiger partial charge in [0.25, 0.3) is 0 Å². The van der Waals surface area contributed by atoms with Gasteiger partial charge in [-0.25, -0.2) is 4.79 Å². The number of benzene rings is 1. The van der Waals surface area contributed by atoms with E-state index in [4.69, 9.17) is 15.2 Å². The SMILES string of the molecule is C/C=C\c1ccccc1CC1C(C)=C(CCC(C)(C)CC)NC(COCCN)=C1C(=O)OCC. The van der Waals surface area contributed by atoms with E-state index in [0.29, 0.717) is 31.9 Å². The third-order valence-corrected chi connectivity index (χ3v) is 6.81. The van der Waals surface area contributed by atoms with Crippen LogP contribution in [0, 0.1) is 11.3 Å². The lowest BCUT2D eigenvalue weighted by molar-refractivity contribution is -0.139. The molecular formula is C29H44N2O3. The molecule has 0 aromatic heterocycles. The Bertz CT molecular complexity index is 912. The number of rotatable bonds is 13. The van der Waals surface area contributed by atoms with Crippen LogP contribution in [-0.2, 0) is 20.7 Å². The summed E-state index contributed by atoms with van der Waals surface area (Å²) in [6.45, 7) is 14.4. The van der Waals surface area contributed by atoms with E-state index in [9.17, 15) is 4.79 Å². The van der Waals surface area contributed by atoms with E-state index in [1.54, 1.807) is 0 Å². The molecule has 5 heteroatoms. The molecule has 0 saturated heterocycles. The van der Waals surface area contributed by atoms with Gasteiger partial charge in [0, 0.05) is 18.2 Å². The fraction of sp³-hybridized carbons (Fsp3) is 0.552. The summed E-state index contributed by atoms with van der Waals surface area (Å²) in [6.07, 6.45) is 8.02. The van der Waals surface area contributed by atoms with Crippen molar-refractivity contribution >= 4 is 12.0 Å². The second-order valence-electron chi connectivity index (χ2n) is 9.71. The highest BCUT2D eigenvalue weighted by Crippen LogP contribution is 2.37.